The Hall–Kier alpha value is -9.50. The van der Waals surface area contributed by atoms with Crippen LogP contribution >= 0.6 is 0 Å². The molecule has 0 saturated heterocycles. The first kappa shape index (κ1) is 41.5. The SMILES string of the molecule is c1ccc(-c2ccc(N(c3ccc(-c4ccccc4)cc3)c3ccc(-c4ccc5c(c4)c4cc(-c6cccc7ccccc67)ccc4n5-c4ccc5c6ccccc6c6ccccc6c5c4)cc3)cc2)cc1. The van der Waals surface area contributed by atoms with E-state index >= 15 is 0 Å². The topological polar surface area (TPSA) is 8.17 Å². The lowest BCUT2D eigenvalue weighted by atomic mass is 9.94. The smallest absolute Gasteiger partial charge is 0.0541 e. The normalized spacial score (nSPS) is 11.6. The lowest BCUT2D eigenvalue weighted by Crippen LogP contribution is -2.09. The largest absolute Gasteiger partial charge is 0.311 e. The second-order valence-corrected chi connectivity index (χ2v) is 18.9. The van der Waals surface area contributed by atoms with Crippen molar-refractivity contribution in [2.24, 2.45) is 0 Å². The van der Waals surface area contributed by atoms with Crippen LogP contribution in [-0.2, 0) is 0 Å². The molecule has 336 valence electrons. The summed E-state index contributed by atoms with van der Waals surface area (Å²) in [5.74, 6) is 0. The third-order valence-corrected chi connectivity index (χ3v) is 14.8. The summed E-state index contributed by atoms with van der Waals surface area (Å²) in [6.45, 7) is 0. The van der Waals surface area contributed by atoms with Gasteiger partial charge in [-0.15, -0.1) is 0 Å². The van der Waals surface area contributed by atoms with E-state index in [0.717, 1.165) is 28.3 Å². The van der Waals surface area contributed by atoms with Gasteiger partial charge in [0.1, 0.15) is 0 Å². The molecule has 0 aliphatic heterocycles. The van der Waals surface area contributed by atoms with Gasteiger partial charge >= 0.3 is 0 Å². The summed E-state index contributed by atoms with van der Waals surface area (Å²) in [6.07, 6.45) is 0. The Morgan fingerprint density at radius 1 is 0.222 bits per heavy atom. The van der Waals surface area contributed by atoms with Crippen molar-refractivity contribution in [3.05, 3.63) is 279 Å². The highest BCUT2D eigenvalue weighted by Gasteiger charge is 2.19. The van der Waals surface area contributed by atoms with Crippen molar-refractivity contribution in [1.29, 1.82) is 0 Å². The molecule has 14 aromatic rings. The summed E-state index contributed by atoms with van der Waals surface area (Å²) in [6, 6.07) is 102. The van der Waals surface area contributed by atoms with Crippen LogP contribution in [-0.4, -0.2) is 4.57 Å². The van der Waals surface area contributed by atoms with Crippen molar-refractivity contribution in [1.82, 2.24) is 4.57 Å². The molecule has 0 aliphatic carbocycles. The van der Waals surface area contributed by atoms with Gasteiger partial charge in [0.25, 0.3) is 0 Å². The monoisotopic (exact) mass is 914 g/mol. The fourth-order valence-electron chi connectivity index (χ4n) is 11.3. The molecule has 0 atom stereocenters. The van der Waals surface area contributed by atoms with E-state index in [2.05, 4.69) is 289 Å². The average Bonchev–Trinajstić information content (AvgIpc) is 3.79. The lowest BCUT2D eigenvalue weighted by Gasteiger charge is -2.26. The van der Waals surface area contributed by atoms with Crippen molar-refractivity contribution in [2.75, 3.05) is 4.90 Å². The first-order valence-electron chi connectivity index (χ1n) is 24.8. The molecule has 72 heavy (non-hydrogen) atoms. The van der Waals surface area contributed by atoms with Crippen molar-refractivity contribution in [2.45, 2.75) is 0 Å². The molecule has 0 fully saturated rings. The molecular formula is C70H46N2. The van der Waals surface area contributed by atoms with Crippen LogP contribution in [0.15, 0.2) is 279 Å². The highest BCUT2D eigenvalue weighted by Crippen LogP contribution is 2.43. The molecule has 0 radical (unpaired) electrons. The van der Waals surface area contributed by atoms with Gasteiger partial charge in [-0.05, 0) is 160 Å². The minimum absolute atomic E-state index is 1.09. The number of hydrogen-bond donors (Lipinski definition) is 0. The summed E-state index contributed by atoms with van der Waals surface area (Å²) in [5, 5.41) is 12.6. The Balaban J connectivity index is 0.908. The van der Waals surface area contributed by atoms with Gasteiger partial charge in [-0.3, -0.25) is 0 Å². The number of nitrogens with zero attached hydrogens (tertiary/aromatic N) is 2. The van der Waals surface area contributed by atoms with Crippen molar-refractivity contribution >= 4 is 82.0 Å². The van der Waals surface area contributed by atoms with Crippen molar-refractivity contribution < 1.29 is 0 Å². The average molecular weight is 915 g/mol. The molecule has 0 N–H and O–H groups in total. The standard InChI is InChI=1S/C70H46N2/c1-3-14-47(15-4-1)49-26-34-55(35-27-49)71(56-36-28-50(29-37-56)48-16-5-2-6-17-48)57-38-30-51(31-39-57)53-32-42-69-67(44-53)68-45-54(60-25-13-19-52-18-7-8-20-59(52)60)33-43-70(68)72(69)58-40-41-65-63-23-10-9-21-61(63)62-22-11-12-24-64(62)66(65)46-58/h1-46H. The van der Waals surface area contributed by atoms with E-state index in [1.165, 1.54) is 104 Å². The molecule has 0 bridgehead atoms. The number of benzene rings is 13. The summed E-state index contributed by atoms with van der Waals surface area (Å²) >= 11 is 0. The molecular weight excluding hydrogens is 869 g/mol. The molecule has 0 saturated carbocycles. The number of rotatable bonds is 8. The maximum atomic E-state index is 2.47. The van der Waals surface area contributed by atoms with Gasteiger partial charge in [0.05, 0.1) is 11.0 Å². The van der Waals surface area contributed by atoms with Crippen LogP contribution in [0.1, 0.15) is 0 Å². The van der Waals surface area contributed by atoms with Crippen LogP contribution in [0.2, 0.25) is 0 Å². The van der Waals surface area contributed by atoms with E-state index in [4.69, 9.17) is 0 Å². The summed E-state index contributed by atoms with van der Waals surface area (Å²) < 4.78 is 2.47. The summed E-state index contributed by atoms with van der Waals surface area (Å²) in [7, 11) is 0. The third-order valence-electron chi connectivity index (χ3n) is 14.8. The minimum atomic E-state index is 1.09. The van der Waals surface area contributed by atoms with Crippen molar-refractivity contribution in [3.8, 4) is 50.2 Å². The molecule has 0 aliphatic rings. The van der Waals surface area contributed by atoms with Crippen LogP contribution < -0.4 is 4.90 Å². The Bertz CT molecular complexity index is 4220. The predicted octanol–water partition coefficient (Wildman–Crippen LogP) is 19.5. The lowest BCUT2D eigenvalue weighted by molar-refractivity contribution is 1.19. The van der Waals surface area contributed by atoms with E-state index in [1.807, 2.05) is 0 Å². The molecule has 13 aromatic carbocycles. The van der Waals surface area contributed by atoms with Crippen molar-refractivity contribution in [3.63, 3.8) is 0 Å². The highest BCUT2D eigenvalue weighted by molar-refractivity contribution is 6.25. The zero-order chi connectivity index (χ0) is 47.5. The first-order valence-corrected chi connectivity index (χ1v) is 24.8. The number of fused-ring (bicyclic) bond motifs is 10. The third kappa shape index (κ3) is 7.03. The number of hydrogen-bond acceptors (Lipinski definition) is 1. The Morgan fingerprint density at radius 3 is 1.15 bits per heavy atom. The molecule has 1 heterocycles. The predicted molar refractivity (Wildman–Crippen MR) is 307 cm³/mol. The molecule has 2 heteroatoms. The maximum Gasteiger partial charge on any atom is 0.0541 e. The fourth-order valence-corrected chi connectivity index (χ4v) is 11.3. The van der Waals surface area contributed by atoms with Gasteiger partial charge < -0.3 is 9.47 Å². The van der Waals surface area contributed by atoms with Crippen LogP contribution in [0.5, 0.6) is 0 Å². The van der Waals surface area contributed by atoms with Crippen LogP contribution in [0.4, 0.5) is 17.1 Å². The molecule has 0 unspecified atom stereocenters. The van der Waals surface area contributed by atoms with E-state index in [1.54, 1.807) is 0 Å². The number of anilines is 3. The zero-order valence-corrected chi connectivity index (χ0v) is 39.5. The molecule has 0 amide bonds. The molecule has 0 spiro atoms. The van der Waals surface area contributed by atoms with E-state index in [9.17, 15) is 0 Å². The van der Waals surface area contributed by atoms with Crippen LogP contribution in [0, 0.1) is 0 Å². The fraction of sp³-hybridized carbons (Fsp3) is 0. The Morgan fingerprint density at radius 2 is 0.611 bits per heavy atom. The highest BCUT2D eigenvalue weighted by atomic mass is 15.1. The van der Waals surface area contributed by atoms with Gasteiger partial charge in [-0.25, -0.2) is 0 Å². The summed E-state index contributed by atoms with van der Waals surface area (Å²) in [5.41, 5.74) is 16.4. The minimum Gasteiger partial charge on any atom is -0.311 e. The van der Waals surface area contributed by atoms with E-state index < -0.39 is 0 Å². The van der Waals surface area contributed by atoms with Gasteiger partial charge in [0.15, 0.2) is 0 Å². The summed E-state index contributed by atoms with van der Waals surface area (Å²) in [4.78, 5) is 2.36. The van der Waals surface area contributed by atoms with E-state index in [0.29, 0.717) is 0 Å². The Kier molecular flexibility index (Phi) is 9.89. The molecule has 2 nitrogen and oxygen atoms in total. The van der Waals surface area contributed by atoms with Gasteiger partial charge in [0, 0.05) is 33.5 Å². The first-order chi connectivity index (χ1) is 35.7. The van der Waals surface area contributed by atoms with Gasteiger partial charge in [-0.2, -0.15) is 0 Å². The van der Waals surface area contributed by atoms with Gasteiger partial charge in [-0.1, -0.05) is 206 Å². The second-order valence-electron chi connectivity index (χ2n) is 18.9. The number of aromatic nitrogens is 1. The quantitative estimate of drug-likeness (QED) is 0.138. The van der Waals surface area contributed by atoms with E-state index in [-0.39, 0.29) is 0 Å². The molecule has 14 rings (SSSR count). The maximum absolute atomic E-state index is 2.47. The molecule has 1 aromatic heterocycles. The second kappa shape index (κ2) is 17.2. The van der Waals surface area contributed by atoms with Crippen LogP contribution in [0.3, 0.4) is 0 Å². The Labute approximate surface area is 418 Å². The van der Waals surface area contributed by atoms with Gasteiger partial charge in [0.2, 0.25) is 0 Å². The van der Waals surface area contributed by atoms with Crippen LogP contribution in [0.25, 0.3) is 115 Å². The zero-order valence-electron chi connectivity index (χ0n) is 39.5.